The van der Waals surface area contributed by atoms with Crippen molar-refractivity contribution in [1.82, 2.24) is 4.90 Å². The van der Waals surface area contributed by atoms with Gasteiger partial charge in [0.25, 0.3) is 0 Å². The molecule has 6 nitrogen and oxygen atoms in total. The van der Waals surface area contributed by atoms with E-state index in [9.17, 15) is 9.59 Å². The highest BCUT2D eigenvalue weighted by Crippen LogP contribution is 2.36. The molecule has 0 aromatic heterocycles. The predicted octanol–water partition coefficient (Wildman–Crippen LogP) is 3.34. The molecule has 1 aliphatic rings. The molecule has 1 saturated heterocycles. The Bertz CT molecular complexity index is 841. The van der Waals surface area contributed by atoms with Gasteiger partial charge in [-0.05, 0) is 5.56 Å². The Morgan fingerprint density at radius 2 is 1.89 bits per heavy atom. The first kappa shape index (κ1) is 19.0. The first-order valence-corrected chi connectivity index (χ1v) is 8.93. The van der Waals surface area contributed by atoms with Crippen molar-refractivity contribution in [1.29, 1.82) is 0 Å². The van der Waals surface area contributed by atoms with Crippen LogP contribution in [0.4, 0.5) is 5.69 Å². The lowest BCUT2D eigenvalue weighted by atomic mass is 10.1. The maximum Gasteiger partial charge on any atom is 0.229 e. The molecule has 2 amide bonds. The number of amides is 2. The molecule has 0 saturated carbocycles. The molecule has 2 aromatic carbocycles. The number of nitrogens with zero attached hydrogens (tertiary/aromatic N) is 1. The maximum absolute atomic E-state index is 12.7. The van der Waals surface area contributed by atoms with Gasteiger partial charge >= 0.3 is 0 Å². The van der Waals surface area contributed by atoms with Crippen molar-refractivity contribution in [2.75, 3.05) is 26.1 Å². The van der Waals surface area contributed by atoms with Crippen molar-refractivity contribution in [3.05, 3.63) is 53.1 Å². The second-order valence-electron chi connectivity index (χ2n) is 6.34. The molecule has 7 heteroatoms. The van der Waals surface area contributed by atoms with Crippen LogP contribution in [-0.2, 0) is 16.1 Å². The van der Waals surface area contributed by atoms with Crippen LogP contribution in [0.2, 0.25) is 5.02 Å². The second-order valence-corrected chi connectivity index (χ2v) is 6.74. The number of hydrogen-bond donors (Lipinski definition) is 1. The van der Waals surface area contributed by atoms with Crippen LogP contribution >= 0.6 is 11.6 Å². The number of halogens is 1. The molecular formula is C20H21ClN2O4. The number of carbonyl (C=O) groups is 2. The number of carbonyl (C=O) groups excluding carboxylic acids is 2. The van der Waals surface area contributed by atoms with Crippen molar-refractivity contribution in [2.45, 2.75) is 13.0 Å². The number of ether oxygens (including phenoxy) is 2. The number of benzene rings is 2. The molecule has 1 N–H and O–H groups in total. The van der Waals surface area contributed by atoms with Gasteiger partial charge in [0.2, 0.25) is 11.8 Å². The molecule has 0 bridgehead atoms. The lowest BCUT2D eigenvalue weighted by Gasteiger charge is -2.17. The number of hydrogen-bond acceptors (Lipinski definition) is 4. The molecule has 2 aromatic rings. The first-order chi connectivity index (χ1) is 13.0. The van der Waals surface area contributed by atoms with Crippen molar-refractivity contribution in [3.63, 3.8) is 0 Å². The molecule has 142 valence electrons. The number of likely N-dealkylation sites (tertiary alicyclic amines) is 1. The van der Waals surface area contributed by atoms with E-state index in [0.717, 1.165) is 5.56 Å². The number of nitrogens with one attached hydrogen (secondary N) is 1. The Morgan fingerprint density at radius 3 is 2.56 bits per heavy atom. The van der Waals surface area contributed by atoms with Crippen LogP contribution in [0.25, 0.3) is 0 Å². The minimum Gasteiger partial charge on any atom is -0.495 e. The van der Waals surface area contributed by atoms with E-state index >= 15 is 0 Å². The molecule has 1 atom stereocenters. The highest BCUT2D eigenvalue weighted by atomic mass is 35.5. The summed E-state index contributed by atoms with van der Waals surface area (Å²) in [4.78, 5) is 26.7. The third-order valence-electron chi connectivity index (χ3n) is 4.53. The minimum absolute atomic E-state index is 0.0281. The Balaban J connectivity index is 1.69. The average molecular weight is 389 g/mol. The van der Waals surface area contributed by atoms with Crippen molar-refractivity contribution < 1.29 is 19.1 Å². The number of anilines is 1. The fraction of sp³-hybridized carbons (Fsp3) is 0.300. The summed E-state index contributed by atoms with van der Waals surface area (Å²) in [6.07, 6.45) is 0.186. The van der Waals surface area contributed by atoms with Crippen molar-refractivity contribution >= 4 is 29.1 Å². The molecule has 1 unspecified atom stereocenters. The van der Waals surface area contributed by atoms with E-state index in [1.807, 2.05) is 30.3 Å². The van der Waals surface area contributed by atoms with Crippen LogP contribution in [0, 0.1) is 5.92 Å². The van der Waals surface area contributed by atoms with Gasteiger partial charge in [-0.25, -0.2) is 0 Å². The van der Waals surface area contributed by atoms with Gasteiger partial charge in [-0.3, -0.25) is 9.59 Å². The van der Waals surface area contributed by atoms with E-state index in [2.05, 4.69) is 5.32 Å². The average Bonchev–Trinajstić information content (AvgIpc) is 3.04. The van der Waals surface area contributed by atoms with Gasteiger partial charge in [-0.15, -0.1) is 0 Å². The lowest BCUT2D eigenvalue weighted by Crippen LogP contribution is -2.28. The lowest BCUT2D eigenvalue weighted by molar-refractivity contribution is -0.128. The van der Waals surface area contributed by atoms with E-state index in [1.165, 1.54) is 14.2 Å². The summed E-state index contributed by atoms with van der Waals surface area (Å²) in [5.41, 5.74) is 1.49. The van der Waals surface area contributed by atoms with Crippen molar-refractivity contribution in [2.24, 2.45) is 5.92 Å². The smallest absolute Gasteiger partial charge is 0.229 e. The summed E-state index contributed by atoms with van der Waals surface area (Å²) >= 11 is 6.09. The first-order valence-electron chi connectivity index (χ1n) is 8.56. The predicted molar refractivity (Wildman–Crippen MR) is 103 cm³/mol. The van der Waals surface area contributed by atoms with Gasteiger partial charge in [-0.2, -0.15) is 0 Å². The monoisotopic (exact) mass is 388 g/mol. The molecule has 0 spiro atoms. The molecular weight excluding hydrogens is 368 g/mol. The summed E-state index contributed by atoms with van der Waals surface area (Å²) < 4.78 is 10.5. The zero-order chi connectivity index (χ0) is 19.4. The van der Waals surface area contributed by atoms with Crippen LogP contribution in [0.1, 0.15) is 12.0 Å². The van der Waals surface area contributed by atoms with Gasteiger partial charge in [0, 0.05) is 31.6 Å². The minimum atomic E-state index is -0.424. The van der Waals surface area contributed by atoms with E-state index < -0.39 is 5.92 Å². The van der Waals surface area contributed by atoms with Gasteiger partial charge in [-0.1, -0.05) is 41.9 Å². The third-order valence-corrected chi connectivity index (χ3v) is 4.83. The zero-order valence-electron chi connectivity index (χ0n) is 15.2. The molecule has 0 aliphatic carbocycles. The number of rotatable bonds is 6. The molecule has 1 aliphatic heterocycles. The second kappa shape index (κ2) is 8.31. The summed E-state index contributed by atoms with van der Waals surface area (Å²) in [5, 5.41) is 3.22. The van der Waals surface area contributed by atoms with Crippen LogP contribution in [0.3, 0.4) is 0 Å². The topological polar surface area (TPSA) is 67.9 Å². The SMILES string of the molecule is COc1cc(NC(=O)C2CC(=O)N(Cc3ccccc3)C2)c(OC)cc1Cl. The number of methoxy groups -OCH3 is 2. The van der Waals surface area contributed by atoms with Gasteiger partial charge in [0.1, 0.15) is 11.5 Å². The molecule has 27 heavy (non-hydrogen) atoms. The van der Waals surface area contributed by atoms with Crippen LogP contribution < -0.4 is 14.8 Å². The Kier molecular flexibility index (Phi) is 5.86. The van der Waals surface area contributed by atoms with E-state index in [0.29, 0.717) is 35.3 Å². The Morgan fingerprint density at radius 1 is 1.19 bits per heavy atom. The van der Waals surface area contributed by atoms with Crippen LogP contribution in [-0.4, -0.2) is 37.5 Å². The van der Waals surface area contributed by atoms with E-state index in [-0.39, 0.29) is 18.2 Å². The third kappa shape index (κ3) is 4.34. The normalized spacial score (nSPS) is 16.3. The molecule has 1 fully saturated rings. The van der Waals surface area contributed by atoms with Gasteiger partial charge in [0.05, 0.1) is 30.8 Å². The van der Waals surface area contributed by atoms with Crippen LogP contribution in [0.5, 0.6) is 11.5 Å². The standard InChI is InChI=1S/C20H21ClN2O4/c1-26-17-10-16(18(27-2)9-15(17)21)22-20(25)14-8-19(24)23(12-14)11-13-6-4-3-5-7-13/h3-7,9-10,14H,8,11-12H2,1-2H3,(H,22,25). The fourth-order valence-corrected chi connectivity index (χ4v) is 3.33. The molecule has 0 radical (unpaired) electrons. The van der Waals surface area contributed by atoms with E-state index in [1.54, 1.807) is 17.0 Å². The van der Waals surface area contributed by atoms with Crippen molar-refractivity contribution in [3.8, 4) is 11.5 Å². The van der Waals surface area contributed by atoms with Gasteiger partial charge < -0.3 is 19.7 Å². The summed E-state index contributed by atoms with van der Waals surface area (Å²) in [5.74, 6) is 0.175. The summed E-state index contributed by atoms with van der Waals surface area (Å²) in [6, 6.07) is 12.9. The highest BCUT2D eigenvalue weighted by Gasteiger charge is 2.34. The summed E-state index contributed by atoms with van der Waals surface area (Å²) in [6.45, 7) is 0.883. The Labute approximate surface area is 163 Å². The van der Waals surface area contributed by atoms with E-state index in [4.69, 9.17) is 21.1 Å². The zero-order valence-corrected chi connectivity index (χ0v) is 16.0. The summed E-state index contributed by atoms with van der Waals surface area (Å²) in [7, 11) is 2.99. The molecule has 3 rings (SSSR count). The van der Waals surface area contributed by atoms with Crippen LogP contribution in [0.15, 0.2) is 42.5 Å². The maximum atomic E-state index is 12.7. The quantitative estimate of drug-likeness (QED) is 0.824. The molecule has 1 heterocycles. The fourth-order valence-electron chi connectivity index (χ4n) is 3.10. The Hall–Kier alpha value is -2.73. The highest BCUT2D eigenvalue weighted by molar-refractivity contribution is 6.32. The largest absolute Gasteiger partial charge is 0.495 e. The van der Waals surface area contributed by atoms with Gasteiger partial charge in [0.15, 0.2) is 0 Å².